The number of carbonyl (C=O) groups is 1. The Kier molecular flexibility index (Phi) is 5.01. The number of methoxy groups -OCH3 is 1. The summed E-state index contributed by atoms with van der Waals surface area (Å²) in [6, 6.07) is 8.17. The first-order valence-electron chi connectivity index (χ1n) is 6.88. The van der Waals surface area contributed by atoms with Crippen LogP contribution in [0.15, 0.2) is 24.3 Å². The largest absolute Gasteiger partial charge is 0.370 e. The van der Waals surface area contributed by atoms with Crippen LogP contribution < -0.4 is 0 Å². The second-order valence-electron chi connectivity index (χ2n) is 5.63. The van der Waals surface area contributed by atoms with Crippen molar-refractivity contribution in [2.24, 2.45) is 5.92 Å². The lowest BCUT2D eigenvalue weighted by Gasteiger charge is -2.37. The fraction of sp³-hybridized carbons (Fsp3) is 0.562. The lowest BCUT2D eigenvalue weighted by molar-refractivity contribution is -0.146. The predicted octanol–water partition coefficient (Wildman–Crippen LogP) is 4.00. The monoisotopic (exact) mass is 372 g/mol. The molecule has 1 aromatic rings. The van der Waals surface area contributed by atoms with Crippen molar-refractivity contribution >= 4 is 28.4 Å². The quantitative estimate of drug-likeness (QED) is 0.747. The molecule has 1 aliphatic rings. The molecular weight excluding hydrogens is 351 g/mol. The lowest BCUT2D eigenvalue weighted by Crippen LogP contribution is -2.45. The predicted molar refractivity (Wildman–Crippen MR) is 85.2 cm³/mol. The molecule has 0 heterocycles. The molecule has 0 aliphatic heterocycles. The van der Waals surface area contributed by atoms with Gasteiger partial charge in [0.1, 0.15) is 5.60 Å². The first-order chi connectivity index (χ1) is 9.05. The first kappa shape index (κ1) is 15.0. The summed E-state index contributed by atoms with van der Waals surface area (Å²) in [4.78, 5) is 12.6. The maximum atomic E-state index is 12.6. The Morgan fingerprint density at radius 2 is 2.11 bits per heavy atom. The average Bonchev–Trinajstić information content (AvgIpc) is 2.41. The molecule has 19 heavy (non-hydrogen) atoms. The van der Waals surface area contributed by atoms with Gasteiger partial charge in [-0.05, 0) is 65.5 Å². The van der Waals surface area contributed by atoms with E-state index in [0.29, 0.717) is 12.3 Å². The Hall–Kier alpha value is -0.420. The number of Topliss-reactive ketones (excluding diaryl/α,β-unsaturated/α-hetero) is 1. The van der Waals surface area contributed by atoms with Crippen LogP contribution in [0.5, 0.6) is 0 Å². The van der Waals surface area contributed by atoms with Crippen molar-refractivity contribution < 1.29 is 9.53 Å². The molecule has 0 radical (unpaired) electrons. The number of ether oxygens (including phenoxy) is 1. The van der Waals surface area contributed by atoms with Crippen molar-refractivity contribution in [3.8, 4) is 0 Å². The van der Waals surface area contributed by atoms with E-state index in [4.69, 9.17) is 4.74 Å². The lowest BCUT2D eigenvalue weighted by atomic mass is 9.75. The Bertz CT molecular complexity index is 441. The summed E-state index contributed by atoms with van der Waals surface area (Å²) in [6.45, 7) is 2.21. The fourth-order valence-electron chi connectivity index (χ4n) is 3.00. The van der Waals surface area contributed by atoms with Gasteiger partial charge in [0.05, 0.1) is 0 Å². The molecule has 0 amide bonds. The number of rotatable bonds is 4. The smallest absolute Gasteiger partial charge is 0.168 e. The molecule has 1 aromatic carbocycles. The van der Waals surface area contributed by atoms with E-state index in [1.54, 1.807) is 7.11 Å². The fourth-order valence-corrected chi connectivity index (χ4v) is 3.36. The van der Waals surface area contributed by atoms with Crippen LogP contribution in [-0.4, -0.2) is 18.5 Å². The van der Waals surface area contributed by atoms with Crippen LogP contribution in [0.25, 0.3) is 0 Å². The van der Waals surface area contributed by atoms with Crippen LogP contribution >= 0.6 is 22.6 Å². The zero-order valence-corrected chi connectivity index (χ0v) is 13.8. The summed E-state index contributed by atoms with van der Waals surface area (Å²) in [5, 5.41) is 0. The minimum atomic E-state index is -0.541. The standard InChI is InChI=1S/C16H21IO2/c1-12-4-3-9-16(11-12,19-2)15(18)10-13-5-7-14(17)8-6-13/h5-8,12H,3-4,9-11H2,1-2H3. The van der Waals surface area contributed by atoms with Crippen molar-refractivity contribution in [1.82, 2.24) is 0 Å². The van der Waals surface area contributed by atoms with Gasteiger partial charge < -0.3 is 4.74 Å². The second-order valence-corrected chi connectivity index (χ2v) is 6.87. The highest BCUT2D eigenvalue weighted by molar-refractivity contribution is 14.1. The van der Waals surface area contributed by atoms with Gasteiger partial charge in [0, 0.05) is 17.1 Å². The number of hydrogen-bond acceptors (Lipinski definition) is 2. The van der Waals surface area contributed by atoms with Crippen LogP contribution in [-0.2, 0) is 16.0 Å². The topological polar surface area (TPSA) is 26.3 Å². The van der Waals surface area contributed by atoms with Crippen LogP contribution in [0.3, 0.4) is 0 Å². The molecule has 0 N–H and O–H groups in total. The third-order valence-corrected chi connectivity index (χ3v) is 4.85. The molecule has 0 saturated heterocycles. The van der Waals surface area contributed by atoms with Gasteiger partial charge in [0.2, 0.25) is 0 Å². The van der Waals surface area contributed by atoms with E-state index in [-0.39, 0.29) is 5.78 Å². The van der Waals surface area contributed by atoms with E-state index >= 15 is 0 Å². The summed E-state index contributed by atoms with van der Waals surface area (Å²) < 4.78 is 6.85. The van der Waals surface area contributed by atoms with E-state index < -0.39 is 5.60 Å². The van der Waals surface area contributed by atoms with Gasteiger partial charge >= 0.3 is 0 Å². The average molecular weight is 372 g/mol. The summed E-state index contributed by atoms with van der Waals surface area (Å²) in [6.07, 6.45) is 4.52. The SMILES string of the molecule is COC1(C(=O)Cc2ccc(I)cc2)CCCC(C)C1. The van der Waals surface area contributed by atoms with E-state index in [1.807, 2.05) is 24.3 Å². The molecule has 1 saturated carbocycles. The minimum absolute atomic E-state index is 0.239. The highest BCUT2D eigenvalue weighted by atomic mass is 127. The van der Waals surface area contributed by atoms with Gasteiger partial charge in [-0.1, -0.05) is 25.5 Å². The molecule has 2 nitrogen and oxygen atoms in total. The Morgan fingerprint density at radius 3 is 2.68 bits per heavy atom. The molecule has 2 unspecified atom stereocenters. The molecule has 104 valence electrons. The Morgan fingerprint density at radius 1 is 1.42 bits per heavy atom. The number of carbonyl (C=O) groups excluding carboxylic acids is 1. The van der Waals surface area contributed by atoms with Crippen molar-refractivity contribution in [2.75, 3.05) is 7.11 Å². The number of benzene rings is 1. The van der Waals surface area contributed by atoms with Crippen LogP contribution in [0.1, 0.15) is 38.2 Å². The molecule has 0 spiro atoms. The molecule has 3 heteroatoms. The third-order valence-electron chi connectivity index (χ3n) is 4.13. The zero-order chi connectivity index (χ0) is 13.9. The molecule has 1 aliphatic carbocycles. The second kappa shape index (κ2) is 6.35. The first-order valence-corrected chi connectivity index (χ1v) is 7.96. The van der Waals surface area contributed by atoms with E-state index in [9.17, 15) is 4.79 Å². The number of ketones is 1. The molecule has 1 fully saturated rings. The summed E-state index contributed by atoms with van der Waals surface area (Å²) in [5.74, 6) is 0.817. The van der Waals surface area contributed by atoms with Gasteiger partial charge in [-0.3, -0.25) is 4.79 Å². The minimum Gasteiger partial charge on any atom is -0.370 e. The highest BCUT2D eigenvalue weighted by Crippen LogP contribution is 2.36. The zero-order valence-electron chi connectivity index (χ0n) is 11.6. The van der Waals surface area contributed by atoms with E-state index in [2.05, 4.69) is 29.5 Å². The molecule has 2 rings (SSSR count). The Labute approximate surface area is 129 Å². The maximum absolute atomic E-state index is 12.6. The van der Waals surface area contributed by atoms with Crippen LogP contribution in [0.4, 0.5) is 0 Å². The van der Waals surface area contributed by atoms with Crippen molar-refractivity contribution in [2.45, 2.75) is 44.6 Å². The van der Waals surface area contributed by atoms with E-state index in [1.165, 1.54) is 9.99 Å². The van der Waals surface area contributed by atoms with Crippen molar-refractivity contribution in [3.05, 3.63) is 33.4 Å². The maximum Gasteiger partial charge on any atom is 0.168 e. The summed E-state index contributed by atoms with van der Waals surface area (Å²) >= 11 is 2.28. The van der Waals surface area contributed by atoms with E-state index in [0.717, 1.165) is 24.8 Å². The van der Waals surface area contributed by atoms with Gasteiger partial charge in [0.25, 0.3) is 0 Å². The summed E-state index contributed by atoms with van der Waals surface area (Å²) in [7, 11) is 1.68. The molecule has 0 aromatic heterocycles. The number of halogens is 1. The van der Waals surface area contributed by atoms with Gasteiger partial charge in [0.15, 0.2) is 5.78 Å². The van der Waals surface area contributed by atoms with Gasteiger partial charge in [-0.15, -0.1) is 0 Å². The molecule has 2 atom stereocenters. The normalized spacial score (nSPS) is 27.2. The molecule has 0 bridgehead atoms. The number of hydrogen-bond donors (Lipinski definition) is 0. The van der Waals surface area contributed by atoms with Crippen LogP contribution in [0, 0.1) is 9.49 Å². The van der Waals surface area contributed by atoms with Gasteiger partial charge in [-0.2, -0.15) is 0 Å². The van der Waals surface area contributed by atoms with Crippen molar-refractivity contribution in [1.29, 1.82) is 0 Å². The van der Waals surface area contributed by atoms with Crippen LogP contribution in [0.2, 0.25) is 0 Å². The summed E-state index contributed by atoms with van der Waals surface area (Å²) in [5.41, 5.74) is 0.542. The highest BCUT2D eigenvalue weighted by Gasteiger charge is 2.41. The van der Waals surface area contributed by atoms with Gasteiger partial charge in [-0.25, -0.2) is 0 Å². The third kappa shape index (κ3) is 3.57. The Balaban J connectivity index is 2.10. The van der Waals surface area contributed by atoms with Crippen molar-refractivity contribution in [3.63, 3.8) is 0 Å². The molecular formula is C16H21IO2.